The van der Waals surface area contributed by atoms with Gasteiger partial charge in [-0.1, -0.05) is 23.7 Å². The van der Waals surface area contributed by atoms with E-state index in [0.29, 0.717) is 28.2 Å². The number of carbonyl (C=O) groups is 1. The number of halogens is 1. The Hall–Kier alpha value is -2.40. The van der Waals surface area contributed by atoms with E-state index in [1.165, 1.54) is 18.2 Å². The van der Waals surface area contributed by atoms with Crippen molar-refractivity contribution >= 4 is 23.6 Å². The lowest BCUT2D eigenvalue weighted by molar-refractivity contribution is -0.385. The number of aryl methyl sites for hydroxylation is 1. The van der Waals surface area contributed by atoms with E-state index < -0.39 is 4.92 Å². The zero-order chi connectivity index (χ0) is 15.4. The fraction of sp³-hybridized carbons (Fsp3) is 0.133. The van der Waals surface area contributed by atoms with Crippen LogP contribution in [0, 0.1) is 17.0 Å². The summed E-state index contributed by atoms with van der Waals surface area (Å²) in [5.74, 6) is 0.418. The summed E-state index contributed by atoms with van der Waals surface area (Å²) in [7, 11) is 0. The number of nitro benzene ring substituents is 1. The molecule has 0 heterocycles. The number of nitrogens with zero attached hydrogens (tertiary/aromatic N) is 1. The maximum atomic E-state index is 11.0. The Morgan fingerprint density at radius 1 is 1.33 bits per heavy atom. The molecule has 0 fully saturated rings. The molecular formula is C15H12ClNO4. The average molecular weight is 306 g/mol. The maximum Gasteiger partial charge on any atom is 0.276 e. The van der Waals surface area contributed by atoms with Crippen LogP contribution in [0.2, 0.25) is 5.02 Å². The second-order valence-electron chi connectivity index (χ2n) is 4.43. The molecule has 0 aliphatic rings. The van der Waals surface area contributed by atoms with E-state index in [4.69, 9.17) is 16.3 Å². The van der Waals surface area contributed by atoms with Crippen molar-refractivity contribution < 1.29 is 14.5 Å². The van der Waals surface area contributed by atoms with Gasteiger partial charge in [0.25, 0.3) is 5.69 Å². The number of hydrogen-bond donors (Lipinski definition) is 0. The van der Waals surface area contributed by atoms with E-state index in [0.717, 1.165) is 5.56 Å². The van der Waals surface area contributed by atoms with Crippen LogP contribution in [0.5, 0.6) is 5.75 Å². The molecule has 5 nitrogen and oxygen atoms in total. The maximum absolute atomic E-state index is 11.0. The highest BCUT2D eigenvalue weighted by Crippen LogP contribution is 2.27. The zero-order valence-electron chi connectivity index (χ0n) is 11.2. The van der Waals surface area contributed by atoms with Crippen molar-refractivity contribution in [2.24, 2.45) is 0 Å². The Labute approximate surface area is 126 Å². The molecule has 2 aromatic carbocycles. The molecule has 0 radical (unpaired) electrons. The molecule has 0 N–H and O–H groups in total. The van der Waals surface area contributed by atoms with Gasteiger partial charge in [0.15, 0.2) is 6.29 Å². The van der Waals surface area contributed by atoms with Crippen LogP contribution in [0.3, 0.4) is 0 Å². The van der Waals surface area contributed by atoms with Crippen LogP contribution in [0.1, 0.15) is 21.5 Å². The minimum atomic E-state index is -0.493. The topological polar surface area (TPSA) is 69.4 Å². The normalized spacial score (nSPS) is 10.2. The van der Waals surface area contributed by atoms with Gasteiger partial charge in [-0.3, -0.25) is 14.9 Å². The smallest absolute Gasteiger partial charge is 0.276 e. The van der Waals surface area contributed by atoms with Crippen LogP contribution in [-0.4, -0.2) is 11.2 Å². The van der Waals surface area contributed by atoms with Crippen LogP contribution < -0.4 is 4.74 Å². The largest absolute Gasteiger partial charge is 0.488 e. The molecule has 0 bridgehead atoms. The van der Waals surface area contributed by atoms with Gasteiger partial charge in [-0.05, 0) is 30.7 Å². The standard InChI is InChI=1S/C15H12ClNO4/c1-10-3-2-4-11(8-18)15(10)21-9-12-7-13(16)5-6-14(12)17(19)20/h2-8H,9H2,1H3. The first kappa shape index (κ1) is 15.0. The number of nitro groups is 1. The van der Waals surface area contributed by atoms with Crippen molar-refractivity contribution in [3.8, 4) is 5.75 Å². The predicted molar refractivity (Wildman–Crippen MR) is 79.0 cm³/mol. The van der Waals surface area contributed by atoms with Gasteiger partial charge in [-0.15, -0.1) is 0 Å². The van der Waals surface area contributed by atoms with Crippen LogP contribution in [-0.2, 0) is 6.61 Å². The number of ether oxygens (including phenoxy) is 1. The van der Waals surface area contributed by atoms with Gasteiger partial charge in [0.2, 0.25) is 0 Å². The zero-order valence-corrected chi connectivity index (χ0v) is 12.0. The number of carbonyl (C=O) groups excluding carboxylic acids is 1. The van der Waals surface area contributed by atoms with Crippen LogP contribution in [0.15, 0.2) is 36.4 Å². The van der Waals surface area contributed by atoms with Crippen molar-refractivity contribution in [1.29, 1.82) is 0 Å². The van der Waals surface area contributed by atoms with Crippen molar-refractivity contribution in [3.63, 3.8) is 0 Å². The Morgan fingerprint density at radius 2 is 2.10 bits per heavy atom. The molecule has 0 aromatic heterocycles. The average Bonchev–Trinajstić information content (AvgIpc) is 2.45. The Bertz CT molecular complexity index is 700. The van der Waals surface area contributed by atoms with Gasteiger partial charge in [0, 0.05) is 11.1 Å². The molecule has 0 amide bonds. The molecule has 108 valence electrons. The van der Waals surface area contributed by atoms with E-state index in [2.05, 4.69) is 0 Å². The number of benzene rings is 2. The molecule has 0 spiro atoms. The molecule has 6 heteroatoms. The summed E-state index contributed by atoms with van der Waals surface area (Å²) in [5, 5.41) is 11.4. The van der Waals surface area contributed by atoms with Gasteiger partial charge < -0.3 is 4.74 Å². The lowest BCUT2D eigenvalue weighted by Gasteiger charge is -2.11. The molecule has 2 aromatic rings. The van der Waals surface area contributed by atoms with Crippen molar-refractivity contribution in [2.75, 3.05) is 0 Å². The molecule has 21 heavy (non-hydrogen) atoms. The van der Waals surface area contributed by atoms with Crippen molar-refractivity contribution in [3.05, 3.63) is 68.2 Å². The van der Waals surface area contributed by atoms with Gasteiger partial charge in [-0.2, -0.15) is 0 Å². The highest BCUT2D eigenvalue weighted by Gasteiger charge is 2.15. The Morgan fingerprint density at radius 3 is 2.76 bits per heavy atom. The molecule has 0 unspecified atom stereocenters. The summed E-state index contributed by atoms with van der Waals surface area (Å²) < 4.78 is 5.60. The monoisotopic (exact) mass is 305 g/mol. The molecular weight excluding hydrogens is 294 g/mol. The minimum Gasteiger partial charge on any atom is -0.488 e. The van der Waals surface area contributed by atoms with E-state index in [1.807, 2.05) is 0 Å². The molecule has 0 saturated heterocycles. The second kappa shape index (κ2) is 6.37. The van der Waals surface area contributed by atoms with Crippen LogP contribution >= 0.6 is 11.6 Å². The molecule has 0 aliphatic carbocycles. The van der Waals surface area contributed by atoms with E-state index >= 15 is 0 Å². The van der Waals surface area contributed by atoms with Gasteiger partial charge in [0.1, 0.15) is 12.4 Å². The fourth-order valence-corrected chi connectivity index (χ4v) is 2.16. The lowest BCUT2D eigenvalue weighted by Crippen LogP contribution is -2.03. The fourth-order valence-electron chi connectivity index (χ4n) is 1.96. The van der Waals surface area contributed by atoms with E-state index in [-0.39, 0.29) is 12.3 Å². The third-order valence-electron chi connectivity index (χ3n) is 2.98. The molecule has 0 atom stereocenters. The van der Waals surface area contributed by atoms with E-state index in [9.17, 15) is 14.9 Å². The number of para-hydroxylation sites is 1. The Kier molecular flexibility index (Phi) is 4.55. The predicted octanol–water partition coefficient (Wildman–Crippen LogP) is 3.95. The van der Waals surface area contributed by atoms with Crippen LogP contribution in [0.4, 0.5) is 5.69 Å². The third kappa shape index (κ3) is 3.38. The molecule has 2 rings (SSSR count). The quantitative estimate of drug-likeness (QED) is 0.476. The van der Waals surface area contributed by atoms with Crippen molar-refractivity contribution in [2.45, 2.75) is 13.5 Å². The van der Waals surface area contributed by atoms with Crippen LogP contribution in [0.25, 0.3) is 0 Å². The highest BCUT2D eigenvalue weighted by molar-refractivity contribution is 6.30. The number of rotatable bonds is 5. The first-order valence-electron chi connectivity index (χ1n) is 6.13. The Balaban J connectivity index is 2.31. The van der Waals surface area contributed by atoms with Gasteiger partial charge in [-0.25, -0.2) is 0 Å². The summed E-state index contributed by atoms with van der Waals surface area (Å²) in [6.45, 7) is 1.76. The summed E-state index contributed by atoms with van der Waals surface area (Å²) in [4.78, 5) is 21.5. The summed E-state index contributed by atoms with van der Waals surface area (Å²) in [6, 6.07) is 9.44. The first-order chi connectivity index (χ1) is 10.0. The van der Waals surface area contributed by atoms with Gasteiger partial charge in [0.05, 0.1) is 16.1 Å². The third-order valence-corrected chi connectivity index (χ3v) is 3.21. The van der Waals surface area contributed by atoms with Gasteiger partial charge >= 0.3 is 0 Å². The summed E-state index contributed by atoms with van der Waals surface area (Å²) in [6.07, 6.45) is 0.689. The highest BCUT2D eigenvalue weighted by atomic mass is 35.5. The molecule has 0 aliphatic heterocycles. The van der Waals surface area contributed by atoms with Crippen molar-refractivity contribution in [1.82, 2.24) is 0 Å². The van der Waals surface area contributed by atoms with E-state index in [1.54, 1.807) is 25.1 Å². The second-order valence-corrected chi connectivity index (χ2v) is 4.87. The first-order valence-corrected chi connectivity index (χ1v) is 6.51. The summed E-state index contributed by atoms with van der Waals surface area (Å²) >= 11 is 5.86. The lowest BCUT2D eigenvalue weighted by atomic mass is 10.1. The molecule has 0 saturated carbocycles. The summed E-state index contributed by atoms with van der Waals surface area (Å²) in [5.41, 5.74) is 1.47. The SMILES string of the molecule is Cc1cccc(C=O)c1OCc1cc(Cl)ccc1[N+](=O)[O-]. The number of hydrogen-bond acceptors (Lipinski definition) is 4. The minimum absolute atomic E-state index is 0.0391. The number of aldehydes is 1.